The summed E-state index contributed by atoms with van der Waals surface area (Å²) in [7, 11) is 1.66. The summed E-state index contributed by atoms with van der Waals surface area (Å²) in [5.74, 6) is 1.00. The lowest BCUT2D eigenvalue weighted by Gasteiger charge is -2.25. The lowest BCUT2D eigenvalue weighted by atomic mass is 9.89. The number of aliphatic hydroxyl groups is 1. The van der Waals surface area contributed by atoms with Crippen LogP contribution in [-0.4, -0.2) is 18.3 Å². The van der Waals surface area contributed by atoms with E-state index in [9.17, 15) is 5.11 Å². The lowest BCUT2D eigenvalue weighted by molar-refractivity contribution is 0.0884. The summed E-state index contributed by atoms with van der Waals surface area (Å²) >= 11 is 0. The van der Waals surface area contributed by atoms with E-state index >= 15 is 0 Å². The molecule has 3 heteroatoms. The van der Waals surface area contributed by atoms with Gasteiger partial charge < -0.3 is 15.6 Å². The molecule has 3 nitrogen and oxygen atoms in total. The van der Waals surface area contributed by atoms with E-state index in [0.717, 1.165) is 28.5 Å². The molecule has 0 radical (unpaired) electrons. The second-order valence-corrected chi connectivity index (χ2v) is 5.30. The van der Waals surface area contributed by atoms with Crippen molar-refractivity contribution in [2.75, 3.05) is 7.11 Å². The van der Waals surface area contributed by atoms with Gasteiger partial charge in [-0.15, -0.1) is 0 Å². The van der Waals surface area contributed by atoms with Crippen LogP contribution in [0.25, 0.3) is 10.8 Å². The van der Waals surface area contributed by atoms with Crippen molar-refractivity contribution in [3.8, 4) is 5.75 Å². The summed E-state index contributed by atoms with van der Waals surface area (Å²) in [5, 5.41) is 12.4. The van der Waals surface area contributed by atoms with E-state index in [0.29, 0.717) is 0 Å². The third-order valence-electron chi connectivity index (χ3n) is 4.09. The Morgan fingerprint density at radius 3 is 2.40 bits per heavy atom. The highest BCUT2D eigenvalue weighted by atomic mass is 16.5. The predicted octanol–water partition coefficient (Wildman–Crippen LogP) is 3.26. The van der Waals surface area contributed by atoms with Crippen LogP contribution in [0.2, 0.25) is 0 Å². The van der Waals surface area contributed by atoms with E-state index in [1.807, 2.05) is 43.3 Å². The molecule has 0 aliphatic carbocycles. The molecule has 20 heavy (non-hydrogen) atoms. The number of methoxy groups -OCH3 is 1. The Bertz CT molecular complexity index is 582. The quantitative estimate of drug-likeness (QED) is 0.879. The van der Waals surface area contributed by atoms with Gasteiger partial charge in [0.2, 0.25) is 0 Å². The number of hydrogen-bond donors (Lipinski definition) is 2. The molecule has 3 atom stereocenters. The van der Waals surface area contributed by atoms with Crippen LogP contribution in [0.1, 0.15) is 31.9 Å². The third kappa shape index (κ3) is 2.65. The van der Waals surface area contributed by atoms with Crippen molar-refractivity contribution in [1.82, 2.24) is 0 Å². The maximum atomic E-state index is 10.4. The molecule has 3 N–H and O–H groups in total. The molecule has 0 bridgehead atoms. The molecule has 1 unspecified atom stereocenters. The summed E-state index contributed by atoms with van der Waals surface area (Å²) < 4.78 is 5.39. The van der Waals surface area contributed by atoms with Crippen molar-refractivity contribution in [3.05, 3.63) is 42.0 Å². The van der Waals surface area contributed by atoms with E-state index in [-0.39, 0.29) is 12.0 Å². The van der Waals surface area contributed by atoms with Crippen molar-refractivity contribution in [3.63, 3.8) is 0 Å². The molecule has 0 fully saturated rings. The van der Waals surface area contributed by atoms with Gasteiger partial charge in [-0.25, -0.2) is 0 Å². The summed E-state index contributed by atoms with van der Waals surface area (Å²) in [6, 6.07) is 11.5. The van der Waals surface area contributed by atoms with Gasteiger partial charge in [0.1, 0.15) is 5.75 Å². The average Bonchev–Trinajstić information content (AvgIpc) is 2.51. The summed E-state index contributed by atoms with van der Waals surface area (Å²) in [6.07, 6.45) is 0.361. The number of benzene rings is 2. The van der Waals surface area contributed by atoms with Crippen molar-refractivity contribution < 1.29 is 9.84 Å². The first-order valence-corrected chi connectivity index (χ1v) is 7.09. The molecule has 0 aromatic heterocycles. The Kier molecular flexibility index (Phi) is 4.63. The Hall–Kier alpha value is -1.58. The molecule has 0 aliphatic heterocycles. The van der Waals surface area contributed by atoms with Gasteiger partial charge in [0, 0.05) is 5.39 Å². The number of ether oxygens (including phenoxy) is 1. The summed E-state index contributed by atoms with van der Waals surface area (Å²) in [4.78, 5) is 0. The number of hydrogen-bond acceptors (Lipinski definition) is 3. The van der Waals surface area contributed by atoms with Crippen molar-refractivity contribution in [2.45, 2.75) is 32.4 Å². The standard InChI is InChI=1S/C17H23NO2/c1-4-11(2)17(19)16(18)14-9-10-15(20-3)13-8-6-5-7-12(13)14/h5-11,16-17,19H,4,18H2,1-3H3/t11?,16-,17+/m1/s1. The zero-order valence-corrected chi connectivity index (χ0v) is 12.3. The Morgan fingerprint density at radius 1 is 1.15 bits per heavy atom. The van der Waals surface area contributed by atoms with Gasteiger partial charge in [-0.1, -0.05) is 50.6 Å². The molecule has 0 spiro atoms. The predicted molar refractivity (Wildman–Crippen MR) is 82.9 cm³/mol. The number of fused-ring (bicyclic) bond motifs is 1. The molecule has 0 amide bonds. The molecule has 2 aromatic rings. The van der Waals surface area contributed by atoms with Gasteiger partial charge in [0.15, 0.2) is 0 Å². The molecule has 0 saturated carbocycles. The maximum Gasteiger partial charge on any atom is 0.126 e. The zero-order valence-electron chi connectivity index (χ0n) is 12.3. The van der Waals surface area contributed by atoms with Crippen LogP contribution in [-0.2, 0) is 0 Å². The first-order chi connectivity index (χ1) is 9.60. The van der Waals surface area contributed by atoms with E-state index in [4.69, 9.17) is 10.5 Å². The minimum absolute atomic E-state index is 0.172. The first kappa shape index (κ1) is 14.8. The summed E-state index contributed by atoms with van der Waals surface area (Å²) in [5.41, 5.74) is 7.25. The molecule has 2 aromatic carbocycles. The minimum atomic E-state index is -0.545. The topological polar surface area (TPSA) is 55.5 Å². The molecular weight excluding hydrogens is 250 g/mol. The van der Waals surface area contributed by atoms with E-state index in [1.54, 1.807) is 7.11 Å². The van der Waals surface area contributed by atoms with Crippen molar-refractivity contribution in [2.24, 2.45) is 11.7 Å². The van der Waals surface area contributed by atoms with Gasteiger partial charge in [-0.3, -0.25) is 0 Å². The fraction of sp³-hybridized carbons (Fsp3) is 0.412. The largest absolute Gasteiger partial charge is 0.496 e. The first-order valence-electron chi connectivity index (χ1n) is 7.09. The van der Waals surface area contributed by atoms with Gasteiger partial charge in [0.25, 0.3) is 0 Å². The van der Waals surface area contributed by atoms with Gasteiger partial charge in [0.05, 0.1) is 19.3 Å². The molecule has 0 saturated heterocycles. The Balaban J connectivity index is 2.50. The van der Waals surface area contributed by atoms with Gasteiger partial charge in [-0.2, -0.15) is 0 Å². The fourth-order valence-electron chi connectivity index (χ4n) is 2.54. The Morgan fingerprint density at radius 2 is 1.80 bits per heavy atom. The highest BCUT2D eigenvalue weighted by Gasteiger charge is 2.23. The molecule has 2 rings (SSSR count). The van der Waals surface area contributed by atoms with Crippen molar-refractivity contribution in [1.29, 1.82) is 0 Å². The Labute approximate surface area is 120 Å². The van der Waals surface area contributed by atoms with Crippen LogP contribution in [0.4, 0.5) is 0 Å². The SMILES string of the molecule is CCC(C)[C@H](O)[C@H](N)c1ccc(OC)c2ccccc12. The second kappa shape index (κ2) is 6.25. The van der Waals surface area contributed by atoms with Crippen LogP contribution >= 0.6 is 0 Å². The van der Waals surface area contributed by atoms with Crippen LogP contribution in [0.5, 0.6) is 5.75 Å². The normalized spacial score (nSPS) is 15.8. The van der Waals surface area contributed by atoms with Gasteiger partial charge in [-0.05, 0) is 22.9 Å². The van der Waals surface area contributed by atoms with Crippen LogP contribution < -0.4 is 10.5 Å². The highest BCUT2D eigenvalue weighted by molar-refractivity contribution is 5.91. The number of nitrogens with two attached hydrogens (primary N) is 1. The second-order valence-electron chi connectivity index (χ2n) is 5.30. The van der Waals surface area contributed by atoms with E-state index < -0.39 is 6.10 Å². The van der Waals surface area contributed by atoms with Gasteiger partial charge >= 0.3 is 0 Å². The monoisotopic (exact) mass is 273 g/mol. The molecule has 0 aliphatic rings. The van der Waals surface area contributed by atoms with Crippen LogP contribution in [0, 0.1) is 5.92 Å². The third-order valence-corrected chi connectivity index (χ3v) is 4.09. The van der Waals surface area contributed by atoms with Crippen LogP contribution in [0.15, 0.2) is 36.4 Å². The number of aliphatic hydroxyl groups excluding tert-OH is 1. The number of rotatable bonds is 5. The highest BCUT2D eigenvalue weighted by Crippen LogP contribution is 2.33. The van der Waals surface area contributed by atoms with Crippen molar-refractivity contribution >= 4 is 10.8 Å². The van der Waals surface area contributed by atoms with Crippen LogP contribution in [0.3, 0.4) is 0 Å². The fourth-order valence-corrected chi connectivity index (χ4v) is 2.54. The molecule has 108 valence electrons. The van der Waals surface area contributed by atoms with E-state index in [2.05, 4.69) is 6.92 Å². The molecular formula is C17H23NO2. The maximum absolute atomic E-state index is 10.4. The summed E-state index contributed by atoms with van der Waals surface area (Å²) in [6.45, 7) is 4.09. The minimum Gasteiger partial charge on any atom is -0.496 e. The van der Waals surface area contributed by atoms with E-state index in [1.165, 1.54) is 0 Å². The zero-order chi connectivity index (χ0) is 14.7. The smallest absolute Gasteiger partial charge is 0.126 e. The lowest BCUT2D eigenvalue weighted by Crippen LogP contribution is -2.31. The molecule has 0 heterocycles. The average molecular weight is 273 g/mol.